The number of hydrogen-bond acceptors (Lipinski definition) is 4. The number of amides is 1. The number of hydrogen-bond donors (Lipinski definition) is 3. The van der Waals surface area contributed by atoms with Crippen molar-refractivity contribution < 1.29 is 4.79 Å². The molecule has 0 atom stereocenters. The summed E-state index contributed by atoms with van der Waals surface area (Å²) >= 11 is 0. The molecule has 0 radical (unpaired) electrons. The predicted molar refractivity (Wildman–Crippen MR) is 93.3 cm³/mol. The highest BCUT2D eigenvalue weighted by molar-refractivity contribution is 6.09. The van der Waals surface area contributed by atoms with E-state index in [1.807, 2.05) is 30.4 Å². The molecule has 0 spiro atoms. The quantitative estimate of drug-likeness (QED) is 0.576. The molecule has 1 aliphatic carbocycles. The molecule has 0 bridgehead atoms. The third kappa shape index (κ3) is 4.64. The van der Waals surface area contributed by atoms with Crippen LogP contribution in [0.4, 0.5) is 0 Å². The average molecular weight is 306 g/mol. The van der Waals surface area contributed by atoms with Crippen molar-refractivity contribution in [1.82, 2.24) is 10.3 Å². The monoisotopic (exact) mass is 306 g/mol. The SMILES string of the molecule is N=C/C(=C\N)c1ccncc1/C=C/C(=O)NC1=CCC=CC=C1. The molecule has 1 heterocycles. The van der Waals surface area contributed by atoms with Crippen molar-refractivity contribution in [1.29, 1.82) is 5.41 Å². The fourth-order valence-electron chi connectivity index (χ4n) is 2.04. The minimum absolute atomic E-state index is 0.231. The van der Waals surface area contributed by atoms with Crippen LogP contribution in [0.5, 0.6) is 0 Å². The van der Waals surface area contributed by atoms with Gasteiger partial charge in [-0.25, -0.2) is 0 Å². The van der Waals surface area contributed by atoms with Gasteiger partial charge in [-0.3, -0.25) is 9.78 Å². The molecule has 0 saturated carbocycles. The van der Waals surface area contributed by atoms with Crippen LogP contribution in [0.1, 0.15) is 17.5 Å². The molecule has 1 aliphatic rings. The lowest BCUT2D eigenvalue weighted by Crippen LogP contribution is -2.19. The number of carbonyl (C=O) groups excluding carboxylic acids is 1. The second kappa shape index (κ2) is 8.29. The summed E-state index contributed by atoms with van der Waals surface area (Å²) in [7, 11) is 0. The molecule has 23 heavy (non-hydrogen) atoms. The largest absolute Gasteiger partial charge is 0.404 e. The third-order valence-corrected chi connectivity index (χ3v) is 3.18. The van der Waals surface area contributed by atoms with Gasteiger partial charge in [-0.05, 0) is 30.2 Å². The maximum absolute atomic E-state index is 12.0. The van der Waals surface area contributed by atoms with E-state index < -0.39 is 0 Å². The molecule has 116 valence electrons. The summed E-state index contributed by atoms with van der Waals surface area (Å²) in [6.07, 6.45) is 19.2. The van der Waals surface area contributed by atoms with Gasteiger partial charge in [-0.1, -0.05) is 24.3 Å². The van der Waals surface area contributed by atoms with Crippen molar-refractivity contribution in [3.8, 4) is 0 Å². The van der Waals surface area contributed by atoms with Gasteiger partial charge < -0.3 is 16.5 Å². The Morgan fingerprint density at radius 1 is 1.39 bits per heavy atom. The van der Waals surface area contributed by atoms with E-state index in [-0.39, 0.29) is 5.91 Å². The first-order valence-electron chi connectivity index (χ1n) is 7.14. The number of rotatable bonds is 5. The van der Waals surface area contributed by atoms with Gasteiger partial charge in [0.15, 0.2) is 0 Å². The molecule has 0 aromatic carbocycles. The number of nitrogens with one attached hydrogen (secondary N) is 2. The van der Waals surface area contributed by atoms with Crippen LogP contribution in [0.25, 0.3) is 11.6 Å². The van der Waals surface area contributed by atoms with E-state index >= 15 is 0 Å². The van der Waals surface area contributed by atoms with E-state index in [1.54, 1.807) is 24.5 Å². The number of allylic oxidation sites excluding steroid dienone is 6. The number of carbonyl (C=O) groups is 1. The molecule has 5 heteroatoms. The Morgan fingerprint density at radius 2 is 2.26 bits per heavy atom. The fraction of sp³-hybridized carbons (Fsp3) is 0.0556. The average Bonchev–Trinajstić information content (AvgIpc) is 2.84. The minimum Gasteiger partial charge on any atom is -0.404 e. The van der Waals surface area contributed by atoms with Crippen molar-refractivity contribution in [3.05, 3.63) is 77.9 Å². The molecule has 0 fully saturated rings. The Morgan fingerprint density at radius 3 is 3.04 bits per heavy atom. The second-order valence-electron chi connectivity index (χ2n) is 4.73. The summed E-state index contributed by atoms with van der Waals surface area (Å²) in [5.41, 5.74) is 8.31. The van der Waals surface area contributed by atoms with Gasteiger partial charge in [0.1, 0.15) is 0 Å². The van der Waals surface area contributed by atoms with E-state index in [9.17, 15) is 4.79 Å². The van der Waals surface area contributed by atoms with Gasteiger partial charge >= 0.3 is 0 Å². The maximum atomic E-state index is 12.0. The smallest absolute Gasteiger partial charge is 0.248 e. The first-order valence-corrected chi connectivity index (χ1v) is 7.14. The van der Waals surface area contributed by atoms with Crippen molar-refractivity contribution in [2.45, 2.75) is 6.42 Å². The molecule has 1 aromatic heterocycles. The number of aromatic nitrogens is 1. The molecular weight excluding hydrogens is 288 g/mol. The zero-order chi connectivity index (χ0) is 16.5. The van der Waals surface area contributed by atoms with Crippen LogP contribution in [-0.4, -0.2) is 17.1 Å². The third-order valence-electron chi connectivity index (χ3n) is 3.18. The van der Waals surface area contributed by atoms with E-state index in [1.165, 1.54) is 18.5 Å². The summed E-state index contributed by atoms with van der Waals surface area (Å²) < 4.78 is 0. The normalized spacial score (nSPS) is 14.4. The molecule has 4 N–H and O–H groups in total. The van der Waals surface area contributed by atoms with E-state index in [2.05, 4.69) is 10.3 Å². The van der Waals surface area contributed by atoms with Crippen LogP contribution in [0.2, 0.25) is 0 Å². The van der Waals surface area contributed by atoms with Crippen LogP contribution in [-0.2, 0) is 4.79 Å². The Bertz CT molecular complexity index is 739. The molecule has 2 rings (SSSR count). The van der Waals surface area contributed by atoms with Gasteiger partial charge in [0.25, 0.3) is 0 Å². The van der Waals surface area contributed by atoms with Gasteiger partial charge in [0.05, 0.1) is 0 Å². The summed E-state index contributed by atoms with van der Waals surface area (Å²) in [6, 6.07) is 1.75. The molecule has 1 amide bonds. The topological polar surface area (TPSA) is 91.9 Å². The van der Waals surface area contributed by atoms with Crippen LogP contribution in [0.3, 0.4) is 0 Å². The van der Waals surface area contributed by atoms with E-state index in [4.69, 9.17) is 11.1 Å². The minimum atomic E-state index is -0.231. The van der Waals surface area contributed by atoms with Crippen LogP contribution in [0.15, 0.2) is 66.8 Å². The highest BCUT2D eigenvalue weighted by Crippen LogP contribution is 2.17. The highest BCUT2D eigenvalue weighted by atomic mass is 16.1. The van der Waals surface area contributed by atoms with Crippen molar-refractivity contribution >= 4 is 23.8 Å². The summed E-state index contributed by atoms with van der Waals surface area (Å²) in [5, 5.41) is 10.2. The van der Waals surface area contributed by atoms with Gasteiger partial charge in [-0.15, -0.1) is 0 Å². The highest BCUT2D eigenvalue weighted by Gasteiger charge is 2.04. The van der Waals surface area contributed by atoms with Crippen molar-refractivity contribution in [2.24, 2.45) is 5.73 Å². The van der Waals surface area contributed by atoms with Gasteiger partial charge in [0.2, 0.25) is 5.91 Å². The molecule has 0 saturated heterocycles. The second-order valence-corrected chi connectivity index (χ2v) is 4.73. The predicted octanol–water partition coefficient (Wildman–Crippen LogP) is 2.56. The van der Waals surface area contributed by atoms with Crippen LogP contribution >= 0.6 is 0 Å². The van der Waals surface area contributed by atoms with Crippen LogP contribution in [0, 0.1) is 5.41 Å². The fourth-order valence-corrected chi connectivity index (χ4v) is 2.04. The Hall–Kier alpha value is -3.21. The van der Waals surface area contributed by atoms with E-state index in [0.717, 1.165) is 23.2 Å². The first-order chi connectivity index (χ1) is 11.2. The van der Waals surface area contributed by atoms with Crippen molar-refractivity contribution in [3.63, 3.8) is 0 Å². The maximum Gasteiger partial charge on any atom is 0.248 e. The molecule has 1 aromatic rings. The van der Waals surface area contributed by atoms with Crippen molar-refractivity contribution in [2.75, 3.05) is 0 Å². The molecule has 0 aliphatic heterocycles. The lowest BCUT2D eigenvalue weighted by molar-refractivity contribution is -0.115. The zero-order valence-corrected chi connectivity index (χ0v) is 12.6. The number of pyridine rings is 1. The molecule has 5 nitrogen and oxygen atoms in total. The van der Waals surface area contributed by atoms with Crippen LogP contribution < -0.4 is 11.1 Å². The van der Waals surface area contributed by atoms with E-state index in [0.29, 0.717) is 5.57 Å². The number of nitrogens with zero attached hydrogens (tertiary/aromatic N) is 1. The standard InChI is InChI=1S/C18H18N4O/c19-11-15(12-20)17-9-10-21-13-14(17)7-8-18(23)22-16-5-3-1-2-4-6-16/h1-3,5-13,19H,4,20H2,(H,22,23)/b8-7+,15-12+,19-11?. The zero-order valence-electron chi connectivity index (χ0n) is 12.6. The first kappa shape index (κ1) is 16.2. The Balaban J connectivity index is 2.13. The van der Waals surface area contributed by atoms with Gasteiger partial charge in [0, 0.05) is 47.7 Å². The summed E-state index contributed by atoms with van der Waals surface area (Å²) in [4.78, 5) is 16.1. The molecular formula is C18H18N4O. The molecule has 0 unspecified atom stereocenters. The lowest BCUT2D eigenvalue weighted by Gasteiger charge is -2.05. The summed E-state index contributed by atoms with van der Waals surface area (Å²) in [5.74, 6) is -0.231. The number of nitrogens with two attached hydrogens (primary N) is 1. The van der Waals surface area contributed by atoms with Gasteiger partial charge in [-0.2, -0.15) is 0 Å². The lowest BCUT2D eigenvalue weighted by atomic mass is 10.0. The summed E-state index contributed by atoms with van der Waals surface area (Å²) in [6.45, 7) is 0. The Labute approximate surface area is 135 Å². The Kier molecular flexibility index (Phi) is 5.82.